The first kappa shape index (κ1) is 12.9. The molecule has 0 aromatic carbocycles. The number of rotatable bonds is 6. The topological polar surface area (TPSA) is 38.5 Å². The summed E-state index contributed by atoms with van der Waals surface area (Å²) in [6.45, 7) is 11.5. The highest BCUT2D eigenvalue weighted by Gasteiger charge is 2.29. The maximum Gasteiger partial charge on any atom is 0.0624 e. The normalized spacial score (nSPS) is 25.0. The lowest BCUT2D eigenvalue weighted by atomic mass is 10.0. The van der Waals surface area contributed by atoms with Gasteiger partial charge in [-0.3, -0.25) is 4.90 Å². The van der Waals surface area contributed by atoms with Gasteiger partial charge in [-0.05, 0) is 38.3 Å². The zero-order chi connectivity index (χ0) is 11.3. The van der Waals surface area contributed by atoms with E-state index in [1.54, 1.807) is 0 Å². The Morgan fingerprint density at radius 2 is 2.20 bits per heavy atom. The molecule has 2 atom stereocenters. The Morgan fingerprint density at radius 3 is 2.67 bits per heavy atom. The molecule has 3 heteroatoms. The summed E-state index contributed by atoms with van der Waals surface area (Å²) in [6.07, 6.45) is 1.26. The van der Waals surface area contributed by atoms with Crippen molar-refractivity contribution >= 4 is 0 Å². The fraction of sp³-hybridized carbons (Fsp3) is 1.00. The number of likely N-dealkylation sites (tertiary alicyclic amines) is 1. The Labute approximate surface area is 94.0 Å². The van der Waals surface area contributed by atoms with Crippen LogP contribution in [0.25, 0.3) is 0 Å². The van der Waals surface area contributed by atoms with E-state index in [4.69, 9.17) is 10.5 Å². The molecule has 0 aromatic rings. The van der Waals surface area contributed by atoms with Gasteiger partial charge in [-0.1, -0.05) is 13.8 Å². The number of ether oxygens (including phenoxy) is 1. The highest BCUT2D eigenvalue weighted by atomic mass is 16.5. The average Bonchev–Trinajstić information content (AvgIpc) is 2.66. The van der Waals surface area contributed by atoms with E-state index in [1.165, 1.54) is 13.0 Å². The molecule has 1 rings (SSSR count). The van der Waals surface area contributed by atoms with Crippen LogP contribution in [-0.4, -0.2) is 43.8 Å². The molecular formula is C12H26N2O. The van der Waals surface area contributed by atoms with Gasteiger partial charge in [0.25, 0.3) is 0 Å². The molecule has 0 amide bonds. The standard InChI is InChI=1S/C12H26N2O/c1-4-15-9-12(10(2)3)14-6-5-11(7-13)8-14/h10-12H,4-9,13H2,1-3H3. The van der Waals surface area contributed by atoms with Crippen LogP contribution in [0, 0.1) is 11.8 Å². The first-order valence-corrected chi connectivity index (χ1v) is 6.20. The van der Waals surface area contributed by atoms with E-state index in [0.29, 0.717) is 17.9 Å². The van der Waals surface area contributed by atoms with Crippen molar-refractivity contribution in [1.82, 2.24) is 4.90 Å². The summed E-state index contributed by atoms with van der Waals surface area (Å²) in [7, 11) is 0. The summed E-state index contributed by atoms with van der Waals surface area (Å²) in [5.41, 5.74) is 5.71. The van der Waals surface area contributed by atoms with E-state index in [0.717, 1.165) is 26.3 Å². The van der Waals surface area contributed by atoms with Crippen LogP contribution in [0.5, 0.6) is 0 Å². The molecule has 0 saturated carbocycles. The monoisotopic (exact) mass is 214 g/mol. The molecule has 1 aliphatic heterocycles. The summed E-state index contributed by atoms with van der Waals surface area (Å²) >= 11 is 0. The minimum absolute atomic E-state index is 0.571. The van der Waals surface area contributed by atoms with Crippen LogP contribution >= 0.6 is 0 Å². The average molecular weight is 214 g/mol. The van der Waals surface area contributed by atoms with Gasteiger partial charge >= 0.3 is 0 Å². The second-order valence-electron chi connectivity index (χ2n) is 4.86. The smallest absolute Gasteiger partial charge is 0.0624 e. The number of hydrogen-bond donors (Lipinski definition) is 1. The second-order valence-corrected chi connectivity index (χ2v) is 4.86. The van der Waals surface area contributed by atoms with Crippen molar-refractivity contribution in [1.29, 1.82) is 0 Å². The van der Waals surface area contributed by atoms with E-state index >= 15 is 0 Å². The van der Waals surface area contributed by atoms with Crippen LogP contribution in [0.2, 0.25) is 0 Å². The van der Waals surface area contributed by atoms with Crippen LogP contribution in [0.1, 0.15) is 27.2 Å². The van der Waals surface area contributed by atoms with Gasteiger partial charge in [-0.15, -0.1) is 0 Å². The molecule has 0 aliphatic carbocycles. The molecule has 3 nitrogen and oxygen atoms in total. The van der Waals surface area contributed by atoms with E-state index in [2.05, 4.69) is 25.7 Å². The second kappa shape index (κ2) is 6.46. The van der Waals surface area contributed by atoms with Crippen LogP contribution in [0.3, 0.4) is 0 Å². The third-order valence-corrected chi connectivity index (χ3v) is 3.38. The fourth-order valence-electron chi connectivity index (χ4n) is 2.31. The van der Waals surface area contributed by atoms with E-state index < -0.39 is 0 Å². The van der Waals surface area contributed by atoms with Gasteiger partial charge in [-0.2, -0.15) is 0 Å². The van der Waals surface area contributed by atoms with Crippen molar-refractivity contribution in [2.75, 3.05) is 32.8 Å². The van der Waals surface area contributed by atoms with E-state index in [1.807, 2.05) is 0 Å². The maximum atomic E-state index is 5.71. The molecule has 0 aromatic heterocycles. The van der Waals surface area contributed by atoms with Gasteiger partial charge in [0, 0.05) is 19.2 Å². The summed E-state index contributed by atoms with van der Waals surface area (Å²) in [4.78, 5) is 2.55. The van der Waals surface area contributed by atoms with Gasteiger partial charge in [0.1, 0.15) is 0 Å². The lowest BCUT2D eigenvalue weighted by Crippen LogP contribution is -2.41. The highest BCUT2D eigenvalue weighted by Crippen LogP contribution is 2.21. The predicted octanol–water partition coefficient (Wildman–Crippen LogP) is 1.33. The quantitative estimate of drug-likeness (QED) is 0.725. The largest absolute Gasteiger partial charge is 0.380 e. The van der Waals surface area contributed by atoms with Crippen molar-refractivity contribution in [2.45, 2.75) is 33.2 Å². The molecule has 0 spiro atoms. The number of hydrogen-bond acceptors (Lipinski definition) is 3. The first-order valence-electron chi connectivity index (χ1n) is 6.20. The molecule has 1 saturated heterocycles. The van der Waals surface area contributed by atoms with Crippen molar-refractivity contribution in [3.05, 3.63) is 0 Å². The summed E-state index contributed by atoms with van der Waals surface area (Å²) < 4.78 is 5.57. The minimum atomic E-state index is 0.571. The summed E-state index contributed by atoms with van der Waals surface area (Å²) in [5.74, 6) is 1.36. The Balaban J connectivity index is 2.42. The molecule has 0 radical (unpaired) electrons. The zero-order valence-corrected chi connectivity index (χ0v) is 10.4. The molecule has 1 heterocycles. The summed E-state index contributed by atoms with van der Waals surface area (Å²) in [6, 6.07) is 0.571. The first-order chi connectivity index (χ1) is 7.19. The predicted molar refractivity (Wildman–Crippen MR) is 63.9 cm³/mol. The van der Waals surface area contributed by atoms with Gasteiger partial charge in [0.2, 0.25) is 0 Å². The Morgan fingerprint density at radius 1 is 1.47 bits per heavy atom. The number of nitrogens with two attached hydrogens (primary N) is 1. The molecular weight excluding hydrogens is 188 g/mol. The van der Waals surface area contributed by atoms with Crippen LogP contribution < -0.4 is 5.73 Å². The van der Waals surface area contributed by atoms with Gasteiger partial charge in [-0.25, -0.2) is 0 Å². The van der Waals surface area contributed by atoms with Crippen LogP contribution in [0.4, 0.5) is 0 Å². The van der Waals surface area contributed by atoms with Crippen molar-refractivity contribution in [2.24, 2.45) is 17.6 Å². The van der Waals surface area contributed by atoms with Crippen LogP contribution in [0.15, 0.2) is 0 Å². The van der Waals surface area contributed by atoms with E-state index in [-0.39, 0.29) is 0 Å². The van der Waals surface area contributed by atoms with Gasteiger partial charge in [0.05, 0.1) is 6.61 Å². The van der Waals surface area contributed by atoms with E-state index in [9.17, 15) is 0 Å². The van der Waals surface area contributed by atoms with Gasteiger partial charge in [0.15, 0.2) is 0 Å². The maximum absolute atomic E-state index is 5.71. The molecule has 90 valence electrons. The van der Waals surface area contributed by atoms with Gasteiger partial charge < -0.3 is 10.5 Å². The third kappa shape index (κ3) is 3.74. The molecule has 1 aliphatic rings. The van der Waals surface area contributed by atoms with Crippen molar-refractivity contribution < 1.29 is 4.74 Å². The zero-order valence-electron chi connectivity index (χ0n) is 10.4. The Hall–Kier alpha value is -0.120. The Bertz CT molecular complexity index is 173. The fourth-order valence-corrected chi connectivity index (χ4v) is 2.31. The third-order valence-electron chi connectivity index (χ3n) is 3.38. The molecule has 1 fully saturated rings. The highest BCUT2D eigenvalue weighted by molar-refractivity contribution is 4.83. The number of nitrogens with zero attached hydrogens (tertiary/aromatic N) is 1. The lowest BCUT2D eigenvalue weighted by Gasteiger charge is -2.30. The SMILES string of the molecule is CCOCC(C(C)C)N1CCC(CN)C1. The molecule has 15 heavy (non-hydrogen) atoms. The minimum Gasteiger partial charge on any atom is -0.380 e. The molecule has 0 bridgehead atoms. The van der Waals surface area contributed by atoms with Crippen LogP contribution in [-0.2, 0) is 4.74 Å². The van der Waals surface area contributed by atoms with Crippen molar-refractivity contribution in [3.8, 4) is 0 Å². The molecule has 2 N–H and O–H groups in total. The molecule has 2 unspecified atom stereocenters. The summed E-state index contributed by atoms with van der Waals surface area (Å²) in [5, 5.41) is 0. The Kier molecular flexibility index (Phi) is 5.58. The van der Waals surface area contributed by atoms with Crippen molar-refractivity contribution in [3.63, 3.8) is 0 Å². The lowest BCUT2D eigenvalue weighted by molar-refractivity contribution is 0.0542.